The summed E-state index contributed by atoms with van der Waals surface area (Å²) < 4.78 is 7.12. The van der Waals surface area contributed by atoms with E-state index in [2.05, 4.69) is 17.2 Å². The van der Waals surface area contributed by atoms with Gasteiger partial charge in [0.05, 0.1) is 19.0 Å². The van der Waals surface area contributed by atoms with Crippen LogP contribution in [0.15, 0.2) is 66.9 Å². The van der Waals surface area contributed by atoms with Crippen LogP contribution < -0.4 is 10.5 Å². The maximum absolute atomic E-state index is 13.2. The highest BCUT2D eigenvalue weighted by Gasteiger charge is 2.37. The second kappa shape index (κ2) is 9.11. The SMILES string of the molecule is COc1cn(-c2ccccc2)nc1C(=O)N1C[C@@H](CN)[C@H](c2ccccc2)C1.Cl. The van der Waals surface area contributed by atoms with E-state index in [1.807, 2.05) is 53.4 Å². The zero-order valence-electron chi connectivity index (χ0n) is 16.3. The number of para-hydroxylation sites is 1. The second-order valence-electron chi connectivity index (χ2n) is 7.05. The van der Waals surface area contributed by atoms with E-state index in [1.165, 1.54) is 5.56 Å². The van der Waals surface area contributed by atoms with Crippen LogP contribution >= 0.6 is 12.4 Å². The maximum atomic E-state index is 13.2. The van der Waals surface area contributed by atoms with Gasteiger partial charge in [0.2, 0.25) is 0 Å². The summed E-state index contributed by atoms with van der Waals surface area (Å²) >= 11 is 0. The Labute approximate surface area is 176 Å². The van der Waals surface area contributed by atoms with E-state index in [0.29, 0.717) is 31.1 Å². The number of hydrogen-bond acceptors (Lipinski definition) is 4. The van der Waals surface area contributed by atoms with Crippen LogP contribution in [-0.4, -0.2) is 47.3 Å². The van der Waals surface area contributed by atoms with Crippen molar-refractivity contribution in [2.75, 3.05) is 26.7 Å². The smallest absolute Gasteiger partial charge is 0.278 e. The van der Waals surface area contributed by atoms with Crippen LogP contribution in [0.1, 0.15) is 22.0 Å². The van der Waals surface area contributed by atoms with Crippen LogP contribution in [0.3, 0.4) is 0 Å². The fraction of sp³-hybridized carbons (Fsp3) is 0.273. The van der Waals surface area contributed by atoms with E-state index in [1.54, 1.807) is 18.0 Å². The van der Waals surface area contributed by atoms with Crippen molar-refractivity contribution >= 4 is 18.3 Å². The molecule has 152 valence electrons. The van der Waals surface area contributed by atoms with Crippen molar-refractivity contribution in [1.82, 2.24) is 14.7 Å². The molecule has 0 unspecified atom stereocenters. The average molecular weight is 413 g/mol. The molecule has 1 aromatic heterocycles. The number of nitrogens with zero attached hydrogens (tertiary/aromatic N) is 3. The number of likely N-dealkylation sites (tertiary alicyclic amines) is 1. The first-order chi connectivity index (χ1) is 13.7. The van der Waals surface area contributed by atoms with Crippen molar-refractivity contribution in [3.8, 4) is 11.4 Å². The third kappa shape index (κ3) is 4.13. The number of hydrogen-bond donors (Lipinski definition) is 1. The topological polar surface area (TPSA) is 73.4 Å². The third-order valence-corrected chi connectivity index (χ3v) is 5.38. The highest BCUT2D eigenvalue weighted by atomic mass is 35.5. The Bertz CT molecular complexity index is 946. The van der Waals surface area contributed by atoms with E-state index >= 15 is 0 Å². The van der Waals surface area contributed by atoms with Gasteiger partial charge in [0, 0.05) is 19.0 Å². The molecule has 1 amide bonds. The molecular formula is C22H25ClN4O2. The number of rotatable bonds is 5. The molecular weight excluding hydrogens is 388 g/mol. The Hall–Kier alpha value is -2.83. The first-order valence-corrected chi connectivity index (χ1v) is 9.44. The lowest BCUT2D eigenvalue weighted by Crippen LogP contribution is -2.30. The molecule has 6 nitrogen and oxygen atoms in total. The normalized spacial score (nSPS) is 18.3. The lowest BCUT2D eigenvalue weighted by Gasteiger charge is -2.16. The van der Waals surface area contributed by atoms with Gasteiger partial charge >= 0.3 is 0 Å². The number of carbonyl (C=O) groups excluding carboxylic acids is 1. The number of methoxy groups -OCH3 is 1. The van der Waals surface area contributed by atoms with Crippen LogP contribution in [0.2, 0.25) is 0 Å². The summed E-state index contributed by atoms with van der Waals surface area (Å²) in [6, 6.07) is 19.9. The van der Waals surface area contributed by atoms with Gasteiger partial charge in [-0.25, -0.2) is 4.68 Å². The molecule has 0 saturated carbocycles. The fourth-order valence-corrected chi connectivity index (χ4v) is 3.87. The Kier molecular flexibility index (Phi) is 6.56. The summed E-state index contributed by atoms with van der Waals surface area (Å²) in [6.45, 7) is 1.79. The fourth-order valence-electron chi connectivity index (χ4n) is 3.87. The first kappa shape index (κ1) is 20.9. The molecule has 2 aromatic carbocycles. The monoisotopic (exact) mass is 412 g/mol. The van der Waals surface area contributed by atoms with E-state index < -0.39 is 0 Å². The van der Waals surface area contributed by atoms with Crippen LogP contribution in [0.5, 0.6) is 5.75 Å². The van der Waals surface area contributed by atoms with Gasteiger partial charge in [0.1, 0.15) is 0 Å². The summed E-state index contributed by atoms with van der Waals surface area (Å²) in [4.78, 5) is 15.1. The molecule has 1 aliphatic rings. The Morgan fingerprint density at radius 2 is 1.76 bits per heavy atom. The van der Waals surface area contributed by atoms with E-state index in [0.717, 1.165) is 5.69 Å². The molecule has 3 aromatic rings. The van der Waals surface area contributed by atoms with Crippen LogP contribution in [0.25, 0.3) is 5.69 Å². The van der Waals surface area contributed by atoms with Gasteiger partial charge in [-0.3, -0.25) is 4.79 Å². The second-order valence-corrected chi connectivity index (χ2v) is 7.05. The standard InChI is InChI=1S/C22H24N4O2.ClH/c1-28-20-15-26(18-10-6-3-7-11-18)24-21(20)22(27)25-13-17(12-23)19(14-25)16-8-4-2-5-9-16;/h2-11,15,17,19H,12-14,23H2,1H3;1H/t17-,19+;/m1./s1. The lowest BCUT2D eigenvalue weighted by molar-refractivity contribution is 0.0777. The van der Waals surface area contributed by atoms with Crippen LogP contribution in [0, 0.1) is 5.92 Å². The Morgan fingerprint density at radius 3 is 2.38 bits per heavy atom. The molecule has 1 saturated heterocycles. The highest BCUT2D eigenvalue weighted by Crippen LogP contribution is 2.33. The number of ether oxygens (including phenoxy) is 1. The van der Waals surface area contributed by atoms with Gasteiger partial charge in [-0.1, -0.05) is 48.5 Å². The molecule has 1 aliphatic heterocycles. The zero-order valence-corrected chi connectivity index (χ0v) is 17.1. The third-order valence-electron chi connectivity index (χ3n) is 5.38. The van der Waals surface area contributed by atoms with Gasteiger partial charge in [0.25, 0.3) is 5.91 Å². The van der Waals surface area contributed by atoms with Gasteiger partial charge in [-0.15, -0.1) is 12.4 Å². The minimum Gasteiger partial charge on any atom is -0.493 e. The summed E-state index contributed by atoms with van der Waals surface area (Å²) in [6.07, 6.45) is 1.74. The predicted molar refractivity (Wildman–Crippen MR) is 115 cm³/mol. The number of aromatic nitrogens is 2. The quantitative estimate of drug-likeness (QED) is 0.698. The van der Waals surface area contributed by atoms with Gasteiger partial charge in [-0.05, 0) is 30.2 Å². The number of nitrogens with two attached hydrogens (primary N) is 1. The molecule has 0 spiro atoms. The first-order valence-electron chi connectivity index (χ1n) is 9.44. The summed E-state index contributed by atoms with van der Waals surface area (Å²) in [5.41, 5.74) is 8.44. The number of carbonyl (C=O) groups is 1. The van der Waals surface area contributed by atoms with Crippen LogP contribution in [0.4, 0.5) is 0 Å². The van der Waals surface area contributed by atoms with E-state index in [9.17, 15) is 4.79 Å². The van der Waals surface area contributed by atoms with Crippen molar-refractivity contribution in [1.29, 1.82) is 0 Å². The van der Waals surface area contributed by atoms with Crippen molar-refractivity contribution in [2.24, 2.45) is 11.7 Å². The van der Waals surface area contributed by atoms with E-state index in [4.69, 9.17) is 10.5 Å². The van der Waals surface area contributed by atoms with Gasteiger partial charge in [-0.2, -0.15) is 5.10 Å². The number of halogens is 1. The molecule has 0 radical (unpaired) electrons. The molecule has 1 fully saturated rings. The molecule has 7 heteroatoms. The Morgan fingerprint density at radius 1 is 1.10 bits per heavy atom. The Balaban J connectivity index is 0.00000240. The largest absolute Gasteiger partial charge is 0.493 e. The molecule has 29 heavy (non-hydrogen) atoms. The van der Waals surface area contributed by atoms with Gasteiger partial charge in [0.15, 0.2) is 11.4 Å². The maximum Gasteiger partial charge on any atom is 0.278 e. The average Bonchev–Trinajstić information content (AvgIpc) is 3.39. The highest BCUT2D eigenvalue weighted by molar-refractivity contribution is 5.95. The van der Waals surface area contributed by atoms with Crippen molar-refractivity contribution in [3.05, 3.63) is 78.1 Å². The summed E-state index contributed by atoms with van der Waals surface area (Å²) in [5.74, 6) is 0.815. The minimum absolute atomic E-state index is 0. The van der Waals surface area contributed by atoms with Gasteiger partial charge < -0.3 is 15.4 Å². The van der Waals surface area contributed by atoms with E-state index in [-0.39, 0.29) is 30.2 Å². The summed E-state index contributed by atoms with van der Waals surface area (Å²) in [7, 11) is 1.56. The zero-order chi connectivity index (χ0) is 19.5. The molecule has 0 aliphatic carbocycles. The summed E-state index contributed by atoms with van der Waals surface area (Å²) in [5, 5.41) is 4.51. The van der Waals surface area contributed by atoms with Crippen molar-refractivity contribution in [3.63, 3.8) is 0 Å². The van der Waals surface area contributed by atoms with Crippen LogP contribution in [-0.2, 0) is 0 Å². The molecule has 4 rings (SSSR count). The van der Waals surface area contributed by atoms with Crippen molar-refractivity contribution in [2.45, 2.75) is 5.92 Å². The lowest BCUT2D eigenvalue weighted by atomic mass is 9.89. The number of amides is 1. The predicted octanol–water partition coefficient (Wildman–Crippen LogP) is 3.12. The number of benzene rings is 2. The molecule has 2 atom stereocenters. The molecule has 2 heterocycles. The van der Waals surface area contributed by atoms with Crippen molar-refractivity contribution < 1.29 is 9.53 Å². The molecule has 2 N–H and O–H groups in total. The molecule has 0 bridgehead atoms. The minimum atomic E-state index is -0.122.